The van der Waals surface area contributed by atoms with Crippen LogP contribution in [0.5, 0.6) is 0 Å². The van der Waals surface area contributed by atoms with Gasteiger partial charge in [0.05, 0.1) is 17.3 Å². The highest BCUT2D eigenvalue weighted by Gasteiger charge is 2.32. The smallest absolute Gasteiger partial charge is 0.274 e. The molecule has 1 fully saturated rings. The van der Waals surface area contributed by atoms with Crippen molar-refractivity contribution in [3.05, 3.63) is 38.8 Å². The van der Waals surface area contributed by atoms with Crippen LogP contribution in [0.25, 0.3) is 0 Å². The number of likely N-dealkylation sites (tertiary alicyclic amines) is 1. The molecule has 1 amide bonds. The lowest BCUT2D eigenvalue weighted by molar-refractivity contribution is 0.0604. The number of carbonyl (C=O) groups is 1. The average Bonchev–Trinajstić information content (AvgIpc) is 2.95. The van der Waals surface area contributed by atoms with Crippen molar-refractivity contribution in [3.8, 4) is 0 Å². The second-order valence-corrected chi connectivity index (χ2v) is 6.75. The van der Waals surface area contributed by atoms with E-state index in [0.29, 0.717) is 17.4 Å². The van der Waals surface area contributed by atoms with E-state index < -0.39 is 0 Å². The maximum absolute atomic E-state index is 12.9. The number of rotatable bonds is 2. The molecule has 3 heterocycles. The Bertz CT molecular complexity index is 703. The molecule has 2 aromatic rings. The summed E-state index contributed by atoms with van der Waals surface area (Å²) in [5.41, 5.74) is 1.28. The molecular weight excluding hydrogens is 320 g/mol. The van der Waals surface area contributed by atoms with Gasteiger partial charge in [-0.2, -0.15) is 0 Å². The fraction of sp³-hybridized carbons (Fsp3) is 0.467. The van der Waals surface area contributed by atoms with E-state index in [0.717, 1.165) is 30.0 Å². The summed E-state index contributed by atoms with van der Waals surface area (Å²) < 4.78 is 0. The van der Waals surface area contributed by atoms with Crippen molar-refractivity contribution in [2.24, 2.45) is 0 Å². The van der Waals surface area contributed by atoms with Gasteiger partial charge < -0.3 is 4.90 Å². The Morgan fingerprint density at radius 3 is 2.91 bits per heavy atom. The molecule has 0 N–H and O–H groups in total. The van der Waals surface area contributed by atoms with Gasteiger partial charge in [0.2, 0.25) is 0 Å². The minimum absolute atomic E-state index is 0.0197. The predicted molar refractivity (Wildman–Crippen MR) is 86.3 cm³/mol. The van der Waals surface area contributed by atoms with Gasteiger partial charge in [-0.3, -0.25) is 4.79 Å². The van der Waals surface area contributed by atoms with Crippen LogP contribution in [0, 0.1) is 13.8 Å². The molecule has 1 aliphatic rings. The summed E-state index contributed by atoms with van der Waals surface area (Å²) in [5, 5.41) is 3.32. The average molecular weight is 337 g/mol. The van der Waals surface area contributed by atoms with Crippen LogP contribution in [0.15, 0.2) is 11.6 Å². The van der Waals surface area contributed by atoms with Crippen molar-refractivity contribution < 1.29 is 4.79 Å². The maximum atomic E-state index is 12.9. The van der Waals surface area contributed by atoms with E-state index in [-0.39, 0.29) is 17.6 Å². The Morgan fingerprint density at radius 1 is 1.36 bits per heavy atom. The summed E-state index contributed by atoms with van der Waals surface area (Å²) in [6.07, 6.45) is 4.52. The van der Waals surface area contributed by atoms with Gasteiger partial charge >= 0.3 is 0 Å². The van der Waals surface area contributed by atoms with Crippen LogP contribution in [0.1, 0.15) is 52.3 Å². The molecule has 0 radical (unpaired) electrons. The Morgan fingerprint density at radius 2 is 2.18 bits per heavy atom. The van der Waals surface area contributed by atoms with E-state index in [4.69, 9.17) is 11.6 Å². The lowest BCUT2D eigenvalue weighted by Crippen LogP contribution is -2.39. The molecule has 1 saturated heterocycles. The third-order valence-corrected chi connectivity index (χ3v) is 5.09. The Kier molecular flexibility index (Phi) is 4.40. The monoisotopic (exact) mass is 336 g/mol. The first kappa shape index (κ1) is 15.4. The Hall–Kier alpha value is -1.53. The lowest BCUT2D eigenvalue weighted by Gasteiger charge is -2.34. The molecule has 7 heteroatoms. The van der Waals surface area contributed by atoms with E-state index in [1.807, 2.05) is 17.2 Å². The van der Waals surface area contributed by atoms with Crippen LogP contribution in [-0.4, -0.2) is 32.3 Å². The van der Waals surface area contributed by atoms with Gasteiger partial charge in [0, 0.05) is 17.6 Å². The summed E-state index contributed by atoms with van der Waals surface area (Å²) >= 11 is 7.73. The van der Waals surface area contributed by atoms with E-state index >= 15 is 0 Å². The summed E-state index contributed by atoms with van der Waals surface area (Å²) in [5.74, 6) is 0.416. The van der Waals surface area contributed by atoms with Crippen LogP contribution in [0.4, 0.5) is 0 Å². The number of hydrogen-bond donors (Lipinski definition) is 0. The normalized spacial score (nSPS) is 18.5. The van der Waals surface area contributed by atoms with Crippen molar-refractivity contribution >= 4 is 28.8 Å². The van der Waals surface area contributed by atoms with Gasteiger partial charge in [-0.1, -0.05) is 11.6 Å². The third kappa shape index (κ3) is 2.98. The SMILES string of the molecule is Cc1csc([C@H]2CCCCN2C(=O)c2nc(C)ncc2Cl)n1. The zero-order chi connectivity index (χ0) is 15.7. The fourth-order valence-electron chi connectivity index (χ4n) is 2.70. The number of aryl methyl sites for hydroxylation is 2. The third-order valence-electron chi connectivity index (χ3n) is 3.75. The number of piperidine rings is 1. The molecule has 0 aliphatic carbocycles. The second-order valence-electron chi connectivity index (χ2n) is 5.45. The molecule has 0 spiro atoms. The van der Waals surface area contributed by atoms with Gasteiger partial charge in [-0.05, 0) is 33.1 Å². The first-order valence-corrected chi connectivity index (χ1v) is 8.54. The molecule has 0 unspecified atom stereocenters. The fourth-order valence-corrected chi connectivity index (χ4v) is 3.81. The van der Waals surface area contributed by atoms with E-state index in [9.17, 15) is 4.79 Å². The maximum Gasteiger partial charge on any atom is 0.274 e. The zero-order valence-corrected chi connectivity index (χ0v) is 14.1. The quantitative estimate of drug-likeness (QED) is 0.841. The number of amides is 1. The van der Waals surface area contributed by atoms with Crippen molar-refractivity contribution in [1.82, 2.24) is 19.9 Å². The van der Waals surface area contributed by atoms with Crippen LogP contribution >= 0.6 is 22.9 Å². The summed E-state index contributed by atoms with van der Waals surface area (Å²) in [6.45, 7) is 4.44. The largest absolute Gasteiger partial charge is 0.328 e. The highest BCUT2D eigenvalue weighted by atomic mass is 35.5. The molecule has 116 valence electrons. The van der Waals surface area contributed by atoms with Crippen molar-refractivity contribution in [2.75, 3.05) is 6.54 Å². The molecular formula is C15H17ClN4OS. The highest BCUT2D eigenvalue weighted by molar-refractivity contribution is 7.09. The predicted octanol–water partition coefficient (Wildman–Crippen LogP) is 3.57. The number of carbonyl (C=O) groups excluding carboxylic acids is 1. The van der Waals surface area contributed by atoms with Gasteiger partial charge in [0.1, 0.15) is 10.8 Å². The number of hydrogen-bond acceptors (Lipinski definition) is 5. The Labute approximate surface area is 138 Å². The van der Waals surface area contributed by atoms with Crippen LogP contribution in [0.2, 0.25) is 5.02 Å². The first-order valence-electron chi connectivity index (χ1n) is 7.28. The molecule has 5 nitrogen and oxygen atoms in total. The summed E-state index contributed by atoms with van der Waals surface area (Å²) in [4.78, 5) is 27.6. The number of nitrogens with zero attached hydrogens (tertiary/aromatic N) is 4. The molecule has 0 bridgehead atoms. The van der Waals surface area contributed by atoms with Crippen LogP contribution in [0.3, 0.4) is 0 Å². The van der Waals surface area contributed by atoms with Gasteiger partial charge in [0.15, 0.2) is 5.69 Å². The van der Waals surface area contributed by atoms with Crippen molar-refractivity contribution in [3.63, 3.8) is 0 Å². The number of aromatic nitrogens is 3. The molecule has 0 saturated carbocycles. The molecule has 22 heavy (non-hydrogen) atoms. The topological polar surface area (TPSA) is 59.0 Å². The van der Waals surface area contributed by atoms with Crippen LogP contribution in [-0.2, 0) is 0 Å². The minimum atomic E-state index is -0.131. The van der Waals surface area contributed by atoms with Crippen LogP contribution < -0.4 is 0 Å². The van der Waals surface area contributed by atoms with Gasteiger partial charge in [0.25, 0.3) is 5.91 Å². The standard InChI is InChI=1S/C15H17ClN4OS/c1-9-8-22-14(18-9)12-5-3-4-6-20(12)15(21)13-11(16)7-17-10(2)19-13/h7-8,12H,3-6H2,1-2H3/t12-/m1/s1. The van der Waals surface area contributed by atoms with E-state index in [2.05, 4.69) is 15.0 Å². The van der Waals surface area contributed by atoms with E-state index in [1.165, 1.54) is 6.20 Å². The summed E-state index contributed by atoms with van der Waals surface area (Å²) in [6, 6.07) is 0.0197. The molecule has 3 rings (SSSR count). The Balaban J connectivity index is 1.93. The molecule has 0 aromatic carbocycles. The molecule has 2 aromatic heterocycles. The van der Waals surface area contributed by atoms with Gasteiger partial charge in [-0.15, -0.1) is 11.3 Å². The number of thiazole rings is 1. The first-order chi connectivity index (χ1) is 10.6. The second kappa shape index (κ2) is 6.30. The van der Waals surface area contributed by atoms with Crippen molar-refractivity contribution in [2.45, 2.75) is 39.2 Å². The number of halogens is 1. The van der Waals surface area contributed by atoms with E-state index in [1.54, 1.807) is 18.3 Å². The van der Waals surface area contributed by atoms with Gasteiger partial charge in [-0.25, -0.2) is 15.0 Å². The highest BCUT2D eigenvalue weighted by Crippen LogP contribution is 2.34. The lowest BCUT2D eigenvalue weighted by atomic mass is 10.0. The van der Waals surface area contributed by atoms with Crippen molar-refractivity contribution in [1.29, 1.82) is 0 Å². The zero-order valence-electron chi connectivity index (χ0n) is 12.5. The molecule has 1 aliphatic heterocycles. The minimum Gasteiger partial charge on any atom is -0.328 e. The summed E-state index contributed by atoms with van der Waals surface area (Å²) in [7, 11) is 0. The molecule has 1 atom stereocenters.